The van der Waals surface area contributed by atoms with E-state index in [0.29, 0.717) is 25.0 Å². The van der Waals surface area contributed by atoms with Gasteiger partial charge in [0.15, 0.2) is 0 Å². The van der Waals surface area contributed by atoms with E-state index >= 15 is 0 Å². The molecular formula is C19H17N4O2. The number of carbonyl (C=O) groups excluding carboxylic acids is 2. The number of fused-ring (bicyclic) bond motifs is 3. The molecule has 25 heavy (non-hydrogen) atoms. The van der Waals surface area contributed by atoms with Crippen LogP contribution in [0.5, 0.6) is 0 Å². The first-order valence-corrected chi connectivity index (χ1v) is 8.08. The molecule has 1 aliphatic heterocycles. The van der Waals surface area contributed by atoms with E-state index in [2.05, 4.69) is 5.10 Å². The molecule has 0 fully saturated rings. The van der Waals surface area contributed by atoms with E-state index in [0.717, 1.165) is 22.1 Å². The SMILES string of the molecule is NC(=O)n1ncc2c3c(ccc21)C[CH]C(=O)N(Cc1ccccc1)C3. The van der Waals surface area contributed by atoms with Gasteiger partial charge < -0.3 is 10.6 Å². The first-order chi connectivity index (χ1) is 12.1. The van der Waals surface area contributed by atoms with Crippen molar-refractivity contribution in [3.05, 3.63) is 71.8 Å². The maximum absolute atomic E-state index is 12.5. The van der Waals surface area contributed by atoms with Crippen LogP contribution in [0, 0.1) is 6.42 Å². The molecule has 6 nitrogen and oxygen atoms in total. The van der Waals surface area contributed by atoms with Crippen molar-refractivity contribution in [1.29, 1.82) is 0 Å². The predicted octanol–water partition coefficient (Wildman–Crippen LogP) is 2.25. The Bertz CT molecular complexity index is 962. The summed E-state index contributed by atoms with van der Waals surface area (Å²) in [6, 6.07) is 13.0. The Morgan fingerprint density at radius 2 is 1.96 bits per heavy atom. The lowest BCUT2D eigenvalue weighted by Gasteiger charge is -2.21. The zero-order valence-corrected chi connectivity index (χ0v) is 13.6. The van der Waals surface area contributed by atoms with Gasteiger partial charge >= 0.3 is 6.03 Å². The molecular weight excluding hydrogens is 316 g/mol. The van der Waals surface area contributed by atoms with Crippen molar-refractivity contribution in [3.8, 4) is 0 Å². The van der Waals surface area contributed by atoms with Gasteiger partial charge in [0.25, 0.3) is 0 Å². The second-order valence-corrected chi connectivity index (χ2v) is 6.12. The molecule has 1 aromatic heterocycles. The normalized spacial score (nSPS) is 14.4. The van der Waals surface area contributed by atoms with Crippen LogP contribution in [0.25, 0.3) is 10.9 Å². The van der Waals surface area contributed by atoms with Crippen molar-refractivity contribution in [2.75, 3.05) is 0 Å². The third-order valence-corrected chi connectivity index (χ3v) is 4.54. The molecule has 0 unspecified atom stereocenters. The molecule has 2 amide bonds. The average molecular weight is 333 g/mol. The number of rotatable bonds is 2. The van der Waals surface area contributed by atoms with Gasteiger partial charge in [0.1, 0.15) is 0 Å². The van der Waals surface area contributed by atoms with E-state index in [1.165, 1.54) is 4.68 Å². The van der Waals surface area contributed by atoms with Crippen molar-refractivity contribution in [3.63, 3.8) is 0 Å². The summed E-state index contributed by atoms with van der Waals surface area (Å²) in [6.07, 6.45) is 3.92. The zero-order chi connectivity index (χ0) is 17.4. The van der Waals surface area contributed by atoms with Gasteiger partial charge in [0, 0.05) is 18.5 Å². The number of amides is 2. The third kappa shape index (κ3) is 2.76. The Morgan fingerprint density at radius 3 is 2.72 bits per heavy atom. The summed E-state index contributed by atoms with van der Waals surface area (Å²) in [5, 5.41) is 4.95. The quantitative estimate of drug-likeness (QED) is 0.781. The smallest absolute Gasteiger partial charge is 0.340 e. The van der Waals surface area contributed by atoms with E-state index in [1.807, 2.05) is 47.4 Å². The van der Waals surface area contributed by atoms with E-state index < -0.39 is 6.03 Å². The van der Waals surface area contributed by atoms with Gasteiger partial charge in [-0.05, 0) is 29.2 Å². The van der Waals surface area contributed by atoms with Gasteiger partial charge in [-0.2, -0.15) is 9.78 Å². The minimum absolute atomic E-state index is 0.00972. The Kier molecular flexibility index (Phi) is 3.72. The number of primary amides is 1. The van der Waals surface area contributed by atoms with Gasteiger partial charge in [-0.1, -0.05) is 36.4 Å². The first-order valence-electron chi connectivity index (χ1n) is 8.08. The summed E-state index contributed by atoms with van der Waals surface area (Å²) in [5.74, 6) is 0.00972. The molecule has 0 saturated heterocycles. The molecule has 3 aromatic rings. The van der Waals surface area contributed by atoms with Gasteiger partial charge in [0.2, 0.25) is 5.91 Å². The fraction of sp³-hybridized carbons (Fsp3) is 0.158. The number of hydrogen-bond donors (Lipinski definition) is 1. The van der Waals surface area contributed by atoms with Crippen molar-refractivity contribution >= 4 is 22.8 Å². The van der Waals surface area contributed by atoms with E-state index in [4.69, 9.17) is 5.73 Å². The number of benzene rings is 2. The Morgan fingerprint density at radius 1 is 1.16 bits per heavy atom. The third-order valence-electron chi connectivity index (χ3n) is 4.54. The molecule has 4 rings (SSSR count). The van der Waals surface area contributed by atoms with Crippen LogP contribution >= 0.6 is 0 Å². The summed E-state index contributed by atoms with van der Waals surface area (Å²) < 4.78 is 1.19. The van der Waals surface area contributed by atoms with E-state index in [9.17, 15) is 9.59 Å². The van der Waals surface area contributed by atoms with Crippen LogP contribution in [0.4, 0.5) is 4.79 Å². The minimum atomic E-state index is -0.618. The summed E-state index contributed by atoms with van der Waals surface area (Å²) in [6.45, 7) is 1.01. The molecule has 2 aromatic carbocycles. The molecule has 2 heterocycles. The lowest BCUT2D eigenvalue weighted by molar-refractivity contribution is -0.128. The first kappa shape index (κ1) is 15.4. The summed E-state index contributed by atoms with van der Waals surface area (Å²) in [5.41, 5.74) is 9.20. The lowest BCUT2D eigenvalue weighted by atomic mass is 10.0. The fourth-order valence-electron chi connectivity index (χ4n) is 3.29. The summed E-state index contributed by atoms with van der Waals surface area (Å²) >= 11 is 0. The number of aromatic nitrogens is 2. The topological polar surface area (TPSA) is 81.2 Å². The molecule has 0 spiro atoms. The highest BCUT2D eigenvalue weighted by atomic mass is 16.2. The fourth-order valence-corrected chi connectivity index (χ4v) is 3.29. The van der Waals surface area contributed by atoms with Crippen molar-refractivity contribution in [2.24, 2.45) is 5.73 Å². The highest BCUT2D eigenvalue weighted by Gasteiger charge is 2.23. The number of hydrogen-bond acceptors (Lipinski definition) is 3. The molecule has 6 heteroatoms. The van der Waals surface area contributed by atoms with Crippen LogP contribution in [-0.4, -0.2) is 26.6 Å². The number of nitrogens with zero attached hydrogens (tertiary/aromatic N) is 3. The van der Waals surface area contributed by atoms with Gasteiger partial charge in [-0.15, -0.1) is 0 Å². The van der Waals surface area contributed by atoms with Crippen LogP contribution < -0.4 is 5.73 Å². The predicted molar refractivity (Wildman–Crippen MR) is 93.4 cm³/mol. The van der Waals surface area contributed by atoms with Crippen LogP contribution in [0.2, 0.25) is 0 Å². The van der Waals surface area contributed by atoms with Gasteiger partial charge in [-0.25, -0.2) is 4.79 Å². The Labute approximate surface area is 144 Å². The molecule has 1 radical (unpaired) electrons. The highest BCUT2D eigenvalue weighted by molar-refractivity contribution is 5.93. The largest absolute Gasteiger partial charge is 0.350 e. The Balaban J connectivity index is 1.75. The minimum Gasteiger partial charge on any atom is -0.350 e. The average Bonchev–Trinajstić information content (AvgIpc) is 2.99. The van der Waals surface area contributed by atoms with Crippen LogP contribution in [-0.2, 0) is 24.3 Å². The molecule has 2 N–H and O–H groups in total. The molecule has 1 aliphatic rings. The molecule has 125 valence electrons. The summed E-state index contributed by atoms with van der Waals surface area (Å²) in [4.78, 5) is 25.8. The zero-order valence-electron chi connectivity index (χ0n) is 13.6. The highest BCUT2D eigenvalue weighted by Crippen LogP contribution is 2.28. The van der Waals surface area contributed by atoms with Crippen LogP contribution in [0.1, 0.15) is 16.7 Å². The van der Waals surface area contributed by atoms with Gasteiger partial charge in [0.05, 0.1) is 18.1 Å². The second-order valence-electron chi connectivity index (χ2n) is 6.12. The Hall–Kier alpha value is -3.15. The van der Waals surface area contributed by atoms with Gasteiger partial charge in [-0.3, -0.25) is 4.79 Å². The lowest BCUT2D eigenvalue weighted by Crippen LogP contribution is -2.29. The summed E-state index contributed by atoms with van der Waals surface area (Å²) in [7, 11) is 0. The number of carbonyl (C=O) groups is 2. The monoisotopic (exact) mass is 333 g/mol. The van der Waals surface area contributed by atoms with E-state index in [-0.39, 0.29) is 5.91 Å². The van der Waals surface area contributed by atoms with E-state index in [1.54, 1.807) is 12.6 Å². The standard InChI is InChI=1S/C19H17N4O2/c20-19(25)23-17-8-6-14-7-9-18(24)22(11-13-4-2-1-3-5-13)12-16(14)15(17)10-21-23/h1-6,8-10H,7,11-12H2,(H2,20,25). The van der Waals surface area contributed by atoms with Crippen LogP contribution in [0.15, 0.2) is 48.7 Å². The van der Waals surface area contributed by atoms with Crippen LogP contribution in [0.3, 0.4) is 0 Å². The van der Waals surface area contributed by atoms with Crippen molar-refractivity contribution in [1.82, 2.24) is 14.7 Å². The molecule has 0 atom stereocenters. The maximum Gasteiger partial charge on any atom is 0.340 e. The number of nitrogens with two attached hydrogens (primary N) is 1. The second kappa shape index (κ2) is 6.05. The molecule has 0 saturated carbocycles. The molecule has 0 bridgehead atoms. The molecule has 0 aliphatic carbocycles. The van der Waals surface area contributed by atoms with Crippen molar-refractivity contribution in [2.45, 2.75) is 19.5 Å². The maximum atomic E-state index is 12.5. The van der Waals surface area contributed by atoms with Crippen molar-refractivity contribution < 1.29 is 9.59 Å².